The van der Waals surface area contributed by atoms with Crippen LogP contribution in [0.15, 0.2) is 43.1 Å². The van der Waals surface area contributed by atoms with Gasteiger partial charge in [-0.2, -0.15) is 0 Å². The summed E-state index contributed by atoms with van der Waals surface area (Å²) in [6.45, 7) is 3.91. The van der Waals surface area contributed by atoms with Crippen molar-refractivity contribution in [3.05, 3.63) is 54.4 Å². The number of fused-ring (bicyclic) bond motifs is 2. The summed E-state index contributed by atoms with van der Waals surface area (Å²) in [7, 11) is 0. The summed E-state index contributed by atoms with van der Waals surface area (Å²) < 4.78 is 1.80. The summed E-state index contributed by atoms with van der Waals surface area (Å²) in [5, 5.41) is 8.28. The molecule has 2 heterocycles. The van der Waals surface area contributed by atoms with Gasteiger partial charge in [0.15, 0.2) is 0 Å². The first-order chi connectivity index (χ1) is 8.34. The van der Waals surface area contributed by atoms with Gasteiger partial charge in [-0.05, 0) is 18.2 Å². The maximum absolute atomic E-state index is 4.33. The van der Waals surface area contributed by atoms with Crippen molar-refractivity contribution in [2.24, 2.45) is 0 Å². The van der Waals surface area contributed by atoms with Crippen LogP contribution in [0.3, 0.4) is 0 Å². The van der Waals surface area contributed by atoms with Crippen molar-refractivity contribution in [2.45, 2.75) is 0 Å². The average molecular weight is 220 g/mol. The maximum atomic E-state index is 4.33. The van der Waals surface area contributed by atoms with E-state index in [4.69, 9.17) is 0 Å². The molecule has 0 spiro atoms. The fraction of sp³-hybridized carbons (Fsp3) is 0. The second kappa shape index (κ2) is 2.79. The highest BCUT2D eigenvalue weighted by molar-refractivity contribution is 5.97. The highest BCUT2D eigenvalue weighted by atomic mass is 15.4. The number of nitrogens with zero attached hydrogens (tertiary/aromatic N) is 4. The zero-order valence-electron chi connectivity index (χ0n) is 8.96. The largest absolute Gasteiger partial charge is 0.253 e. The fourth-order valence-corrected chi connectivity index (χ4v) is 2.03. The first-order valence-corrected chi connectivity index (χ1v) is 5.35. The molecule has 0 N–H and O–H groups in total. The molecule has 2 aromatic heterocycles. The van der Waals surface area contributed by atoms with Crippen LogP contribution in [0.5, 0.6) is 0 Å². The van der Waals surface area contributed by atoms with Crippen molar-refractivity contribution in [1.82, 2.24) is 20.0 Å². The lowest BCUT2D eigenvalue weighted by atomic mass is 10.3. The summed E-state index contributed by atoms with van der Waals surface area (Å²) in [6.07, 6.45) is 1.80. The Balaban J connectivity index is 1.97. The number of rotatable bonds is 1. The summed E-state index contributed by atoms with van der Waals surface area (Å²) in [4.78, 5) is 4.33. The van der Waals surface area contributed by atoms with Crippen molar-refractivity contribution >= 4 is 16.6 Å². The van der Waals surface area contributed by atoms with Gasteiger partial charge in [-0.15, -0.1) is 5.10 Å². The van der Waals surface area contributed by atoms with E-state index in [1.165, 1.54) is 0 Å². The van der Waals surface area contributed by atoms with Crippen molar-refractivity contribution in [3.63, 3.8) is 0 Å². The van der Waals surface area contributed by atoms with Crippen LogP contribution in [-0.4, -0.2) is 20.0 Å². The van der Waals surface area contributed by atoms with Crippen LogP contribution in [0.2, 0.25) is 0 Å². The van der Waals surface area contributed by atoms with Gasteiger partial charge in [0, 0.05) is 11.1 Å². The van der Waals surface area contributed by atoms with Crippen molar-refractivity contribution in [1.29, 1.82) is 0 Å². The predicted molar refractivity (Wildman–Crippen MR) is 64.8 cm³/mol. The highest BCUT2D eigenvalue weighted by Gasteiger charge is 2.25. The van der Waals surface area contributed by atoms with Crippen molar-refractivity contribution < 1.29 is 0 Å². The molecule has 1 aromatic carbocycles. The van der Waals surface area contributed by atoms with Gasteiger partial charge >= 0.3 is 0 Å². The van der Waals surface area contributed by atoms with Gasteiger partial charge in [0.1, 0.15) is 5.52 Å². The Morgan fingerprint density at radius 1 is 1.18 bits per heavy atom. The van der Waals surface area contributed by atoms with Crippen LogP contribution in [0.4, 0.5) is 0 Å². The first kappa shape index (κ1) is 8.64. The van der Waals surface area contributed by atoms with E-state index in [1.807, 2.05) is 30.3 Å². The molecule has 0 aliphatic heterocycles. The van der Waals surface area contributed by atoms with Gasteiger partial charge in [0.25, 0.3) is 0 Å². The number of para-hydroxylation sites is 1. The van der Waals surface area contributed by atoms with Crippen LogP contribution in [0.25, 0.3) is 22.3 Å². The molecule has 0 atom stereocenters. The van der Waals surface area contributed by atoms with E-state index in [0.717, 1.165) is 33.6 Å². The number of aromatic nitrogens is 4. The molecular weight excluding hydrogens is 212 g/mol. The zero-order valence-corrected chi connectivity index (χ0v) is 8.96. The third-order valence-electron chi connectivity index (χ3n) is 3.02. The summed E-state index contributed by atoms with van der Waals surface area (Å²) in [5.41, 5.74) is 5.97. The fourth-order valence-electron chi connectivity index (χ4n) is 2.03. The molecule has 4 heteroatoms. The second-order valence-electron chi connectivity index (χ2n) is 4.06. The van der Waals surface area contributed by atoms with Crippen LogP contribution >= 0.6 is 0 Å². The Hall–Kier alpha value is -2.49. The van der Waals surface area contributed by atoms with E-state index in [2.05, 4.69) is 21.9 Å². The minimum Gasteiger partial charge on any atom is -0.253 e. The average Bonchev–Trinajstić information content (AvgIpc) is 2.86. The molecular formula is C13H8N4. The molecule has 4 nitrogen and oxygen atoms in total. The summed E-state index contributed by atoms with van der Waals surface area (Å²) >= 11 is 0. The normalized spacial score (nSPS) is 12.8. The standard InChI is InChI=1S/C13H8N4/c1-8-10-6-9(7-14-13(8)10)17-12-5-3-2-4-11(12)15-16-17/h2-7H,1H2. The first-order valence-electron chi connectivity index (χ1n) is 5.35. The molecule has 1 aliphatic carbocycles. The molecule has 0 bridgehead atoms. The molecule has 0 unspecified atom stereocenters. The van der Waals surface area contributed by atoms with E-state index in [9.17, 15) is 0 Å². The third kappa shape index (κ3) is 1.09. The minimum absolute atomic E-state index is 0.885. The summed E-state index contributed by atoms with van der Waals surface area (Å²) in [5.74, 6) is 0. The molecule has 0 saturated carbocycles. The molecule has 0 saturated heterocycles. The van der Waals surface area contributed by atoms with Crippen LogP contribution < -0.4 is 0 Å². The molecule has 80 valence electrons. The van der Waals surface area contributed by atoms with Crippen molar-refractivity contribution in [3.8, 4) is 5.69 Å². The zero-order chi connectivity index (χ0) is 11.4. The minimum atomic E-state index is 0.885. The van der Waals surface area contributed by atoms with Gasteiger partial charge in [-0.25, -0.2) is 4.68 Å². The molecule has 17 heavy (non-hydrogen) atoms. The molecule has 4 rings (SSSR count). The monoisotopic (exact) mass is 220 g/mol. The lowest BCUT2D eigenvalue weighted by Gasteiger charge is -1.99. The molecule has 0 amide bonds. The SMILES string of the molecule is C=C1c2cc(-n3nnc4ccccc43)cnc21. The lowest BCUT2D eigenvalue weighted by molar-refractivity contribution is 0.820. The Bertz CT molecular complexity index is 770. The smallest absolute Gasteiger partial charge is 0.113 e. The Labute approximate surface area is 97.2 Å². The van der Waals surface area contributed by atoms with Gasteiger partial charge in [0.05, 0.1) is 23.1 Å². The van der Waals surface area contributed by atoms with Crippen LogP contribution in [-0.2, 0) is 0 Å². The molecule has 0 fully saturated rings. The Morgan fingerprint density at radius 2 is 2.06 bits per heavy atom. The molecule has 1 aliphatic rings. The van der Waals surface area contributed by atoms with Crippen molar-refractivity contribution in [2.75, 3.05) is 0 Å². The number of benzene rings is 1. The number of pyridine rings is 1. The third-order valence-corrected chi connectivity index (χ3v) is 3.02. The van der Waals surface area contributed by atoms with Crippen LogP contribution in [0, 0.1) is 0 Å². The van der Waals surface area contributed by atoms with Gasteiger partial charge in [0.2, 0.25) is 0 Å². The Morgan fingerprint density at radius 3 is 2.94 bits per heavy atom. The van der Waals surface area contributed by atoms with E-state index < -0.39 is 0 Å². The van der Waals surface area contributed by atoms with Gasteiger partial charge in [-0.3, -0.25) is 4.98 Å². The van der Waals surface area contributed by atoms with Gasteiger partial charge in [-0.1, -0.05) is 23.9 Å². The molecule has 3 aromatic rings. The van der Waals surface area contributed by atoms with E-state index in [-0.39, 0.29) is 0 Å². The number of hydrogen-bond donors (Lipinski definition) is 0. The Kier molecular flexibility index (Phi) is 1.42. The van der Waals surface area contributed by atoms with E-state index >= 15 is 0 Å². The summed E-state index contributed by atoms with van der Waals surface area (Å²) in [6, 6.07) is 9.92. The quantitative estimate of drug-likeness (QED) is 0.494. The number of hydrogen-bond acceptors (Lipinski definition) is 3. The van der Waals surface area contributed by atoms with Crippen LogP contribution in [0.1, 0.15) is 11.3 Å². The maximum Gasteiger partial charge on any atom is 0.113 e. The van der Waals surface area contributed by atoms with E-state index in [1.54, 1.807) is 10.9 Å². The van der Waals surface area contributed by atoms with Gasteiger partial charge < -0.3 is 0 Å². The second-order valence-corrected chi connectivity index (χ2v) is 4.06. The topological polar surface area (TPSA) is 43.6 Å². The molecule has 0 radical (unpaired) electrons. The predicted octanol–water partition coefficient (Wildman–Crippen LogP) is 2.19. The lowest BCUT2D eigenvalue weighted by Crippen LogP contribution is -1.96. The van der Waals surface area contributed by atoms with E-state index in [0.29, 0.717) is 0 Å². The highest BCUT2D eigenvalue weighted by Crippen LogP contribution is 2.39.